The average Bonchev–Trinajstić information content (AvgIpc) is 3.06. The van der Waals surface area contributed by atoms with Gasteiger partial charge in [0, 0.05) is 30.8 Å². The van der Waals surface area contributed by atoms with E-state index in [4.69, 9.17) is 4.74 Å². The molecule has 1 aliphatic heterocycles. The molecular weight excluding hydrogens is 443 g/mol. The number of anilines is 1. The summed E-state index contributed by atoms with van der Waals surface area (Å²) in [5.74, 6) is -4.93. The van der Waals surface area contributed by atoms with Crippen molar-refractivity contribution in [2.45, 2.75) is 35.4 Å². The molecule has 1 N–H and O–H groups in total. The van der Waals surface area contributed by atoms with Gasteiger partial charge in [-0.3, -0.25) is 9.59 Å². The number of amides is 1. The quantitative estimate of drug-likeness (QED) is 0.692. The van der Waals surface area contributed by atoms with Crippen molar-refractivity contribution in [1.29, 1.82) is 0 Å². The van der Waals surface area contributed by atoms with Gasteiger partial charge < -0.3 is 14.6 Å². The lowest BCUT2D eigenvalue weighted by molar-refractivity contribution is -0.155. The molecule has 31 heavy (non-hydrogen) atoms. The Bertz CT molecular complexity index is 1070. The molecular formula is C20H19F5N2O3S. The first kappa shape index (κ1) is 23.1. The van der Waals surface area contributed by atoms with E-state index in [9.17, 15) is 31.5 Å². The molecule has 168 valence electrons. The highest BCUT2D eigenvalue weighted by Crippen LogP contribution is 2.59. The van der Waals surface area contributed by atoms with Crippen molar-refractivity contribution in [3.05, 3.63) is 58.0 Å². The van der Waals surface area contributed by atoms with E-state index < -0.39 is 51.8 Å². The molecule has 2 heterocycles. The maximum Gasteiger partial charge on any atom is 0.403 e. The number of hydrogen-bond acceptors (Lipinski definition) is 4. The van der Waals surface area contributed by atoms with Crippen molar-refractivity contribution >= 4 is 23.4 Å². The van der Waals surface area contributed by atoms with Crippen LogP contribution in [-0.4, -0.2) is 33.8 Å². The van der Waals surface area contributed by atoms with Crippen LogP contribution in [-0.2, 0) is 11.8 Å². The summed E-state index contributed by atoms with van der Waals surface area (Å²) in [6.45, 7) is 0.969. The Balaban J connectivity index is 2.03. The van der Waals surface area contributed by atoms with Crippen molar-refractivity contribution in [2.24, 2.45) is 7.05 Å². The average molecular weight is 462 g/mol. The molecule has 1 aromatic heterocycles. The number of pyridine rings is 1. The molecule has 1 saturated heterocycles. The molecule has 1 fully saturated rings. The second-order valence-corrected chi connectivity index (χ2v) is 9.06. The van der Waals surface area contributed by atoms with E-state index in [1.54, 1.807) is 0 Å². The first-order valence-corrected chi connectivity index (χ1v) is 10.00. The van der Waals surface area contributed by atoms with Gasteiger partial charge in [0.05, 0.1) is 18.0 Å². The molecule has 1 amide bonds. The zero-order valence-electron chi connectivity index (χ0n) is 16.7. The number of thioether (sulfide) groups is 1. The zero-order valence-corrected chi connectivity index (χ0v) is 17.5. The lowest BCUT2D eigenvalue weighted by Gasteiger charge is -2.26. The fourth-order valence-corrected chi connectivity index (χ4v) is 5.10. The zero-order chi connectivity index (χ0) is 23.1. The predicted octanol–water partition coefficient (Wildman–Crippen LogP) is 4.22. The summed E-state index contributed by atoms with van der Waals surface area (Å²) >= 11 is 0.409. The number of hydrogen-bond donors (Lipinski definition) is 1. The summed E-state index contributed by atoms with van der Waals surface area (Å²) in [6.07, 6.45) is -3.85. The number of benzene rings is 1. The smallest absolute Gasteiger partial charge is 0.403 e. The van der Waals surface area contributed by atoms with Gasteiger partial charge in [0.25, 0.3) is 0 Å². The standard InChI is InChI=1S/C20H19F5N2O3S/c1-19(20(23,24)25)8-12(11-5-6-13(21)15(22)16(11)30-3)17(31-19)18(29)26-10-4-7-14(28)27(2)9-10/h4-7,9,12,17H,8H2,1-3H3,(H,26,29)/t12-,17+,19+/m0/s1. The third-order valence-electron chi connectivity index (χ3n) is 5.26. The van der Waals surface area contributed by atoms with Crippen molar-refractivity contribution in [3.63, 3.8) is 0 Å². The Kier molecular flexibility index (Phi) is 6.09. The summed E-state index contributed by atoms with van der Waals surface area (Å²) in [4.78, 5) is 24.5. The maximum atomic E-state index is 14.2. The van der Waals surface area contributed by atoms with Gasteiger partial charge in [0.2, 0.25) is 17.3 Å². The molecule has 0 saturated carbocycles. The van der Waals surface area contributed by atoms with Crippen LogP contribution >= 0.6 is 11.8 Å². The highest BCUT2D eigenvalue weighted by molar-refractivity contribution is 8.02. The van der Waals surface area contributed by atoms with Crippen LogP contribution in [0.15, 0.2) is 35.3 Å². The molecule has 0 aliphatic carbocycles. The number of methoxy groups -OCH3 is 1. The Hall–Kier alpha value is -2.56. The molecule has 11 heteroatoms. The summed E-state index contributed by atoms with van der Waals surface area (Å²) in [5, 5.41) is 1.23. The minimum Gasteiger partial charge on any atom is -0.493 e. The monoisotopic (exact) mass is 462 g/mol. The highest BCUT2D eigenvalue weighted by Gasteiger charge is 2.60. The molecule has 1 aromatic carbocycles. The fraction of sp³-hybridized carbons (Fsp3) is 0.400. The van der Waals surface area contributed by atoms with Crippen molar-refractivity contribution in [3.8, 4) is 5.75 Å². The first-order valence-electron chi connectivity index (χ1n) is 9.12. The molecule has 5 nitrogen and oxygen atoms in total. The molecule has 1 aliphatic rings. The number of ether oxygens (including phenoxy) is 1. The number of halogens is 5. The van der Waals surface area contributed by atoms with Crippen molar-refractivity contribution in [2.75, 3.05) is 12.4 Å². The molecule has 0 unspecified atom stereocenters. The minimum atomic E-state index is -4.65. The van der Waals surface area contributed by atoms with Gasteiger partial charge in [-0.05, 0) is 25.5 Å². The molecule has 2 aromatic rings. The molecule has 3 rings (SSSR count). The van der Waals surface area contributed by atoms with Crippen LogP contribution in [0.1, 0.15) is 24.8 Å². The number of carbonyl (C=O) groups is 1. The number of aryl methyl sites for hydroxylation is 1. The van der Waals surface area contributed by atoms with Gasteiger partial charge in [-0.2, -0.15) is 17.6 Å². The normalized spacial score (nSPS) is 23.6. The number of rotatable bonds is 4. The van der Waals surface area contributed by atoms with E-state index >= 15 is 0 Å². The number of nitrogens with zero attached hydrogens (tertiary/aromatic N) is 1. The first-order chi connectivity index (χ1) is 14.4. The number of carbonyl (C=O) groups excluding carboxylic acids is 1. The molecule has 0 spiro atoms. The van der Waals surface area contributed by atoms with Crippen molar-refractivity contribution < 1.29 is 31.5 Å². The van der Waals surface area contributed by atoms with Crippen LogP contribution < -0.4 is 15.6 Å². The molecule has 0 radical (unpaired) electrons. The van der Waals surface area contributed by atoms with Crippen LogP contribution in [0.2, 0.25) is 0 Å². The maximum absolute atomic E-state index is 14.2. The Morgan fingerprint density at radius 1 is 1.26 bits per heavy atom. The van der Waals surface area contributed by atoms with E-state index in [0.717, 1.165) is 26.2 Å². The summed E-state index contributed by atoms with van der Waals surface area (Å²) in [5.41, 5.74) is -0.144. The van der Waals surface area contributed by atoms with Crippen molar-refractivity contribution in [1.82, 2.24) is 4.57 Å². The van der Waals surface area contributed by atoms with Crippen LogP contribution in [0, 0.1) is 11.6 Å². The summed E-state index contributed by atoms with van der Waals surface area (Å²) in [6, 6.07) is 4.46. The Labute approximate surface area is 178 Å². The van der Waals surface area contributed by atoms with E-state index in [1.165, 1.54) is 29.9 Å². The third kappa shape index (κ3) is 4.28. The minimum absolute atomic E-state index is 0.0255. The second-order valence-electron chi connectivity index (χ2n) is 7.42. The molecule has 0 bridgehead atoms. The lowest BCUT2D eigenvalue weighted by atomic mass is 9.85. The lowest BCUT2D eigenvalue weighted by Crippen LogP contribution is -2.37. The summed E-state index contributed by atoms with van der Waals surface area (Å²) in [7, 11) is 2.53. The van der Waals surface area contributed by atoms with E-state index in [0.29, 0.717) is 11.8 Å². The van der Waals surface area contributed by atoms with E-state index in [-0.39, 0.29) is 16.8 Å². The molecule has 3 atom stereocenters. The second kappa shape index (κ2) is 8.18. The van der Waals surface area contributed by atoms with Gasteiger partial charge in [0.1, 0.15) is 4.75 Å². The largest absolute Gasteiger partial charge is 0.493 e. The third-order valence-corrected chi connectivity index (χ3v) is 6.97. The Morgan fingerprint density at radius 3 is 2.52 bits per heavy atom. The van der Waals surface area contributed by atoms with E-state index in [1.807, 2.05) is 0 Å². The number of aromatic nitrogens is 1. The van der Waals surface area contributed by atoms with Crippen LogP contribution in [0.25, 0.3) is 0 Å². The number of nitrogens with one attached hydrogen (secondary N) is 1. The van der Waals surface area contributed by atoms with Gasteiger partial charge in [-0.15, -0.1) is 11.8 Å². The number of alkyl halides is 3. The SMILES string of the molecule is COc1c([C@@H]2C[C@](C)(C(F)(F)F)S[C@H]2C(=O)Nc2ccc(=O)n(C)c2)ccc(F)c1F. The summed E-state index contributed by atoms with van der Waals surface area (Å²) < 4.78 is 73.0. The van der Waals surface area contributed by atoms with Gasteiger partial charge in [0.15, 0.2) is 11.6 Å². The van der Waals surface area contributed by atoms with E-state index in [2.05, 4.69) is 5.32 Å². The van der Waals surface area contributed by atoms with Gasteiger partial charge in [-0.25, -0.2) is 4.39 Å². The van der Waals surface area contributed by atoms with Crippen LogP contribution in [0.5, 0.6) is 5.75 Å². The van der Waals surface area contributed by atoms with Crippen LogP contribution in [0.3, 0.4) is 0 Å². The van der Waals surface area contributed by atoms with Gasteiger partial charge in [-0.1, -0.05) is 6.07 Å². The van der Waals surface area contributed by atoms with Crippen LogP contribution in [0.4, 0.5) is 27.6 Å². The van der Waals surface area contributed by atoms with Gasteiger partial charge >= 0.3 is 6.18 Å². The Morgan fingerprint density at radius 2 is 1.94 bits per heavy atom. The topological polar surface area (TPSA) is 60.3 Å². The predicted molar refractivity (Wildman–Crippen MR) is 106 cm³/mol. The fourth-order valence-electron chi connectivity index (χ4n) is 3.56. The highest BCUT2D eigenvalue weighted by atomic mass is 32.2.